The molecule has 136 valence electrons. The van der Waals surface area contributed by atoms with Crippen LogP contribution in [0.2, 0.25) is 0 Å². The Morgan fingerprint density at radius 1 is 1.12 bits per heavy atom. The second-order valence-corrected chi connectivity index (χ2v) is 6.87. The van der Waals surface area contributed by atoms with Gasteiger partial charge < -0.3 is 15.3 Å². The van der Waals surface area contributed by atoms with Crippen molar-refractivity contribution in [3.05, 3.63) is 58.7 Å². The number of rotatable bonds is 4. The Labute approximate surface area is 153 Å². The molecule has 2 aromatic carbocycles. The smallest absolute Gasteiger partial charge is 0.259 e. The number of aryl methyl sites for hydroxylation is 2. The number of carbonyl (C=O) groups is 2. The molecular weight excluding hydrogens is 328 g/mol. The molecule has 5 nitrogen and oxygen atoms in total. The number of benzene rings is 2. The predicted molar refractivity (Wildman–Crippen MR) is 101 cm³/mol. The number of carbonyl (C=O) groups excluding carboxylic acids is 2. The van der Waals surface area contributed by atoms with E-state index in [9.17, 15) is 14.7 Å². The molecule has 0 aromatic heterocycles. The normalized spacial score (nSPS) is 13.0. The van der Waals surface area contributed by atoms with Gasteiger partial charge in [0.15, 0.2) is 0 Å². The lowest BCUT2D eigenvalue weighted by Gasteiger charge is -2.18. The van der Waals surface area contributed by atoms with Crippen LogP contribution < -0.4 is 5.32 Å². The zero-order valence-corrected chi connectivity index (χ0v) is 15.2. The maximum atomic E-state index is 12.6. The number of phenolic OH excluding ortho intramolecular Hbond substituents is 1. The maximum absolute atomic E-state index is 12.6. The van der Waals surface area contributed by atoms with E-state index in [0.717, 1.165) is 42.4 Å². The fraction of sp³-hybridized carbons (Fsp3) is 0.333. The summed E-state index contributed by atoms with van der Waals surface area (Å²) in [4.78, 5) is 25.6. The molecule has 1 aliphatic carbocycles. The van der Waals surface area contributed by atoms with Crippen LogP contribution in [-0.2, 0) is 24.2 Å². The molecule has 3 rings (SSSR count). The fourth-order valence-electron chi connectivity index (χ4n) is 3.29. The molecule has 0 atom stereocenters. The van der Waals surface area contributed by atoms with Gasteiger partial charge in [-0.05, 0) is 66.6 Å². The van der Waals surface area contributed by atoms with Gasteiger partial charge in [-0.15, -0.1) is 0 Å². The SMILES string of the molecule is CC(=O)N(C)Cc1cccc(NC(=O)c2cc3c(cc2O)CCCC3)c1. The molecule has 2 amide bonds. The average molecular weight is 352 g/mol. The van der Waals surface area contributed by atoms with Crippen LogP contribution >= 0.6 is 0 Å². The molecule has 0 saturated carbocycles. The Morgan fingerprint density at radius 2 is 1.81 bits per heavy atom. The molecule has 1 aliphatic rings. The van der Waals surface area contributed by atoms with Gasteiger partial charge in [-0.2, -0.15) is 0 Å². The van der Waals surface area contributed by atoms with E-state index in [1.165, 1.54) is 6.92 Å². The van der Waals surface area contributed by atoms with Crippen LogP contribution in [0.4, 0.5) is 5.69 Å². The van der Waals surface area contributed by atoms with E-state index in [-0.39, 0.29) is 17.6 Å². The van der Waals surface area contributed by atoms with Gasteiger partial charge in [-0.1, -0.05) is 12.1 Å². The van der Waals surface area contributed by atoms with Crippen molar-refractivity contribution in [2.75, 3.05) is 12.4 Å². The molecule has 2 N–H and O–H groups in total. The van der Waals surface area contributed by atoms with E-state index >= 15 is 0 Å². The number of hydrogen-bond donors (Lipinski definition) is 2. The quantitative estimate of drug-likeness (QED) is 0.885. The number of hydrogen-bond acceptors (Lipinski definition) is 3. The summed E-state index contributed by atoms with van der Waals surface area (Å²) in [5.74, 6) is -0.318. The highest BCUT2D eigenvalue weighted by molar-refractivity contribution is 6.06. The Kier molecular flexibility index (Phi) is 5.26. The summed E-state index contributed by atoms with van der Waals surface area (Å²) in [6, 6.07) is 10.9. The topological polar surface area (TPSA) is 69.6 Å². The van der Waals surface area contributed by atoms with E-state index < -0.39 is 0 Å². The van der Waals surface area contributed by atoms with Crippen LogP contribution in [0, 0.1) is 0 Å². The second kappa shape index (κ2) is 7.60. The van der Waals surface area contributed by atoms with Gasteiger partial charge in [0, 0.05) is 26.2 Å². The van der Waals surface area contributed by atoms with Crippen LogP contribution in [0.3, 0.4) is 0 Å². The highest BCUT2D eigenvalue weighted by Crippen LogP contribution is 2.29. The number of fused-ring (bicyclic) bond motifs is 1. The van der Waals surface area contributed by atoms with Gasteiger partial charge in [-0.3, -0.25) is 9.59 Å². The maximum Gasteiger partial charge on any atom is 0.259 e. The van der Waals surface area contributed by atoms with Crippen LogP contribution in [0.25, 0.3) is 0 Å². The first-order valence-electron chi connectivity index (χ1n) is 8.91. The predicted octanol–water partition coefficient (Wildman–Crippen LogP) is 3.50. The fourth-order valence-corrected chi connectivity index (χ4v) is 3.29. The molecule has 0 bridgehead atoms. The van der Waals surface area contributed by atoms with Crippen LogP contribution in [0.5, 0.6) is 5.75 Å². The lowest BCUT2D eigenvalue weighted by atomic mass is 9.90. The van der Waals surface area contributed by atoms with Crippen molar-refractivity contribution in [1.29, 1.82) is 0 Å². The molecule has 0 radical (unpaired) electrons. The molecule has 0 heterocycles. The van der Waals surface area contributed by atoms with Gasteiger partial charge in [0.25, 0.3) is 5.91 Å². The summed E-state index contributed by atoms with van der Waals surface area (Å²) in [6.45, 7) is 1.99. The first kappa shape index (κ1) is 18.0. The van der Waals surface area contributed by atoms with Crippen LogP contribution in [0.1, 0.15) is 46.8 Å². The van der Waals surface area contributed by atoms with Crippen molar-refractivity contribution in [2.24, 2.45) is 0 Å². The summed E-state index contributed by atoms with van der Waals surface area (Å²) in [7, 11) is 1.73. The Bertz CT molecular complexity index is 845. The summed E-state index contributed by atoms with van der Waals surface area (Å²) in [5, 5.41) is 13.1. The van der Waals surface area contributed by atoms with Gasteiger partial charge >= 0.3 is 0 Å². The van der Waals surface area contributed by atoms with Crippen molar-refractivity contribution in [3.8, 4) is 5.75 Å². The lowest BCUT2D eigenvalue weighted by molar-refractivity contribution is -0.128. The molecule has 26 heavy (non-hydrogen) atoms. The molecule has 5 heteroatoms. The largest absolute Gasteiger partial charge is 0.507 e. The van der Waals surface area contributed by atoms with Gasteiger partial charge in [0.2, 0.25) is 5.91 Å². The van der Waals surface area contributed by atoms with E-state index in [0.29, 0.717) is 17.8 Å². The third kappa shape index (κ3) is 4.04. The zero-order chi connectivity index (χ0) is 18.7. The minimum Gasteiger partial charge on any atom is -0.507 e. The summed E-state index contributed by atoms with van der Waals surface area (Å²) < 4.78 is 0. The number of amides is 2. The Balaban J connectivity index is 1.77. The minimum atomic E-state index is -0.326. The number of phenols is 1. The first-order valence-corrected chi connectivity index (χ1v) is 8.91. The second-order valence-electron chi connectivity index (χ2n) is 6.87. The third-order valence-corrected chi connectivity index (χ3v) is 4.85. The van der Waals surface area contributed by atoms with E-state index in [1.807, 2.05) is 24.3 Å². The standard InChI is InChI=1S/C21H24N2O3/c1-14(24)23(2)13-15-6-5-9-18(10-15)22-21(26)19-11-16-7-3-4-8-17(16)12-20(19)25/h5-6,9-12,25H,3-4,7-8,13H2,1-2H3,(H,22,26). The summed E-state index contributed by atoms with van der Waals surface area (Å²) in [6.07, 6.45) is 4.14. The molecule has 0 fully saturated rings. The lowest BCUT2D eigenvalue weighted by Crippen LogP contribution is -2.23. The number of anilines is 1. The zero-order valence-electron chi connectivity index (χ0n) is 15.2. The number of aromatic hydroxyl groups is 1. The van der Waals surface area contributed by atoms with Gasteiger partial charge in [0.05, 0.1) is 5.56 Å². The Hall–Kier alpha value is -2.82. The minimum absolute atomic E-state index is 0.0154. The van der Waals surface area contributed by atoms with E-state index in [4.69, 9.17) is 0 Å². The molecule has 0 spiro atoms. The highest BCUT2D eigenvalue weighted by atomic mass is 16.3. The number of nitrogens with one attached hydrogen (secondary N) is 1. The summed E-state index contributed by atoms with van der Waals surface area (Å²) >= 11 is 0. The van der Waals surface area contributed by atoms with Crippen molar-refractivity contribution in [1.82, 2.24) is 4.90 Å². The number of nitrogens with zero attached hydrogens (tertiary/aromatic N) is 1. The van der Waals surface area contributed by atoms with Crippen molar-refractivity contribution >= 4 is 17.5 Å². The molecule has 2 aromatic rings. The molecule has 0 saturated heterocycles. The van der Waals surface area contributed by atoms with E-state index in [2.05, 4.69) is 5.32 Å². The average Bonchev–Trinajstić information content (AvgIpc) is 2.61. The molecular formula is C21H24N2O3. The highest BCUT2D eigenvalue weighted by Gasteiger charge is 2.17. The molecule has 0 unspecified atom stereocenters. The third-order valence-electron chi connectivity index (χ3n) is 4.85. The van der Waals surface area contributed by atoms with Gasteiger partial charge in [-0.25, -0.2) is 0 Å². The van der Waals surface area contributed by atoms with Crippen molar-refractivity contribution in [3.63, 3.8) is 0 Å². The van der Waals surface area contributed by atoms with Crippen molar-refractivity contribution in [2.45, 2.75) is 39.2 Å². The van der Waals surface area contributed by atoms with Crippen molar-refractivity contribution < 1.29 is 14.7 Å². The Morgan fingerprint density at radius 3 is 2.50 bits per heavy atom. The van der Waals surface area contributed by atoms with Crippen LogP contribution in [-0.4, -0.2) is 28.9 Å². The monoisotopic (exact) mass is 352 g/mol. The molecule has 0 aliphatic heterocycles. The van der Waals surface area contributed by atoms with E-state index in [1.54, 1.807) is 24.1 Å². The summed E-state index contributed by atoms with van der Waals surface area (Å²) in [5.41, 5.74) is 4.16. The van der Waals surface area contributed by atoms with Gasteiger partial charge in [0.1, 0.15) is 5.75 Å². The first-order chi connectivity index (χ1) is 12.4. The van der Waals surface area contributed by atoms with Crippen LogP contribution in [0.15, 0.2) is 36.4 Å².